The number of nitrogens with zero attached hydrogens (tertiary/aromatic N) is 2. The third-order valence-electron chi connectivity index (χ3n) is 4.38. The summed E-state index contributed by atoms with van der Waals surface area (Å²) in [5, 5.41) is 3.44. The van der Waals surface area contributed by atoms with E-state index in [4.69, 9.17) is 9.47 Å². The Morgan fingerprint density at radius 3 is 2.88 bits per heavy atom. The summed E-state index contributed by atoms with van der Waals surface area (Å²) in [6.45, 7) is 6.95. The molecule has 0 spiro atoms. The highest BCUT2D eigenvalue weighted by Crippen LogP contribution is 2.25. The van der Waals surface area contributed by atoms with Crippen molar-refractivity contribution >= 4 is 5.82 Å². The van der Waals surface area contributed by atoms with Gasteiger partial charge in [-0.3, -0.25) is 0 Å². The van der Waals surface area contributed by atoms with Gasteiger partial charge in [0.25, 0.3) is 0 Å². The second-order valence-electron chi connectivity index (χ2n) is 6.37. The van der Waals surface area contributed by atoms with Crippen LogP contribution in [0, 0.1) is 13.8 Å². The highest BCUT2D eigenvalue weighted by atomic mass is 16.5. The van der Waals surface area contributed by atoms with Gasteiger partial charge >= 0.3 is 0 Å². The molecule has 0 saturated carbocycles. The lowest BCUT2D eigenvalue weighted by atomic mass is 10.0. The molecular formula is C19H25N3O2. The first-order chi connectivity index (χ1) is 11.7. The number of nitrogens with one attached hydrogen (secondary N) is 1. The standard InChI is InChI=1S/C19H25N3O2/c1-13-4-5-14(2)16(8-13)10-20-18-9-17(15-6-7-24-11-15)21-19(22-18)12-23-3/h4-5,8-9,15H,6-7,10-12H2,1-3H3,(H,20,21,22)/t15-/m1/s1. The van der Waals surface area contributed by atoms with Gasteiger partial charge in [0.05, 0.1) is 12.3 Å². The van der Waals surface area contributed by atoms with E-state index < -0.39 is 0 Å². The third kappa shape index (κ3) is 4.10. The van der Waals surface area contributed by atoms with Gasteiger partial charge in [-0.15, -0.1) is 0 Å². The van der Waals surface area contributed by atoms with E-state index in [0.29, 0.717) is 18.3 Å². The van der Waals surface area contributed by atoms with E-state index in [1.54, 1.807) is 7.11 Å². The largest absolute Gasteiger partial charge is 0.381 e. The quantitative estimate of drug-likeness (QED) is 0.882. The van der Waals surface area contributed by atoms with Gasteiger partial charge in [0.1, 0.15) is 12.4 Å². The SMILES string of the molecule is COCc1nc(NCc2cc(C)ccc2C)cc([C@@H]2CCOC2)n1. The zero-order valence-electron chi connectivity index (χ0n) is 14.6. The number of rotatable bonds is 6. The number of anilines is 1. The fourth-order valence-corrected chi connectivity index (χ4v) is 2.96. The number of aryl methyl sites for hydroxylation is 2. The summed E-state index contributed by atoms with van der Waals surface area (Å²) in [4.78, 5) is 9.21. The average molecular weight is 327 g/mol. The van der Waals surface area contributed by atoms with Gasteiger partial charge < -0.3 is 14.8 Å². The molecule has 1 aliphatic heterocycles. The first-order valence-electron chi connectivity index (χ1n) is 8.40. The van der Waals surface area contributed by atoms with Crippen LogP contribution in [0.25, 0.3) is 0 Å². The van der Waals surface area contributed by atoms with E-state index in [1.165, 1.54) is 16.7 Å². The molecule has 5 nitrogen and oxygen atoms in total. The summed E-state index contributed by atoms with van der Waals surface area (Å²) >= 11 is 0. The van der Waals surface area contributed by atoms with E-state index in [-0.39, 0.29) is 0 Å². The molecule has 1 fully saturated rings. The van der Waals surface area contributed by atoms with E-state index in [2.05, 4.69) is 47.3 Å². The van der Waals surface area contributed by atoms with Gasteiger partial charge in [-0.05, 0) is 31.4 Å². The maximum Gasteiger partial charge on any atom is 0.156 e. The summed E-state index contributed by atoms with van der Waals surface area (Å²) in [5.74, 6) is 1.91. The molecule has 0 unspecified atom stereocenters. The van der Waals surface area contributed by atoms with Crippen molar-refractivity contribution in [1.82, 2.24) is 9.97 Å². The monoisotopic (exact) mass is 327 g/mol. The molecule has 1 atom stereocenters. The maximum atomic E-state index is 5.50. The highest BCUT2D eigenvalue weighted by Gasteiger charge is 2.20. The molecule has 1 aromatic heterocycles. The first-order valence-corrected chi connectivity index (χ1v) is 8.40. The average Bonchev–Trinajstić information content (AvgIpc) is 3.10. The van der Waals surface area contributed by atoms with Crippen LogP contribution in [0.2, 0.25) is 0 Å². The topological polar surface area (TPSA) is 56.3 Å². The normalized spacial score (nSPS) is 17.2. The predicted molar refractivity (Wildman–Crippen MR) is 94.2 cm³/mol. The van der Waals surface area contributed by atoms with Crippen LogP contribution < -0.4 is 5.32 Å². The van der Waals surface area contributed by atoms with Gasteiger partial charge in [0.15, 0.2) is 5.82 Å². The Balaban J connectivity index is 1.79. The molecule has 2 heterocycles. The minimum atomic E-state index is 0.352. The molecule has 0 radical (unpaired) electrons. The molecule has 5 heteroatoms. The molecule has 0 bridgehead atoms. The van der Waals surface area contributed by atoms with Gasteiger partial charge in [-0.1, -0.05) is 23.8 Å². The summed E-state index contributed by atoms with van der Waals surface area (Å²) in [7, 11) is 1.66. The summed E-state index contributed by atoms with van der Waals surface area (Å²) in [5.41, 5.74) is 4.87. The molecule has 1 aromatic carbocycles. The smallest absolute Gasteiger partial charge is 0.156 e. The number of hydrogen-bond acceptors (Lipinski definition) is 5. The van der Waals surface area contributed by atoms with Crippen molar-refractivity contribution in [3.8, 4) is 0 Å². The molecule has 2 aromatic rings. The van der Waals surface area contributed by atoms with Crippen molar-refractivity contribution in [3.63, 3.8) is 0 Å². The number of benzene rings is 1. The summed E-state index contributed by atoms with van der Waals surface area (Å²) < 4.78 is 10.7. The Morgan fingerprint density at radius 2 is 2.12 bits per heavy atom. The fourth-order valence-electron chi connectivity index (χ4n) is 2.96. The van der Waals surface area contributed by atoms with Gasteiger partial charge in [-0.25, -0.2) is 9.97 Å². The predicted octanol–water partition coefficient (Wildman–Crippen LogP) is 3.36. The first kappa shape index (κ1) is 16.9. The Bertz CT molecular complexity index is 697. The minimum Gasteiger partial charge on any atom is -0.381 e. The van der Waals surface area contributed by atoms with Crippen molar-refractivity contribution in [2.75, 3.05) is 25.6 Å². The van der Waals surface area contributed by atoms with E-state index in [9.17, 15) is 0 Å². The molecule has 24 heavy (non-hydrogen) atoms. The zero-order chi connectivity index (χ0) is 16.9. The van der Waals surface area contributed by atoms with Crippen LogP contribution in [0.15, 0.2) is 24.3 Å². The van der Waals surface area contributed by atoms with Crippen LogP contribution in [-0.2, 0) is 22.6 Å². The van der Waals surface area contributed by atoms with Crippen LogP contribution in [0.1, 0.15) is 40.5 Å². The molecule has 0 aliphatic carbocycles. The Kier molecular flexibility index (Phi) is 5.43. The third-order valence-corrected chi connectivity index (χ3v) is 4.38. The Labute approximate surface area is 143 Å². The molecule has 1 N–H and O–H groups in total. The van der Waals surface area contributed by atoms with E-state index in [0.717, 1.165) is 37.7 Å². The van der Waals surface area contributed by atoms with Crippen LogP contribution in [0.5, 0.6) is 0 Å². The molecule has 1 aliphatic rings. The molecule has 0 amide bonds. The van der Waals surface area contributed by atoms with Crippen molar-refractivity contribution < 1.29 is 9.47 Å². The van der Waals surface area contributed by atoms with Crippen molar-refractivity contribution in [2.24, 2.45) is 0 Å². The molecular weight excluding hydrogens is 302 g/mol. The summed E-state index contributed by atoms with van der Waals surface area (Å²) in [6.07, 6.45) is 1.01. The summed E-state index contributed by atoms with van der Waals surface area (Å²) in [6, 6.07) is 8.55. The van der Waals surface area contributed by atoms with Gasteiger partial charge in [0.2, 0.25) is 0 Å². The van der Waals surface area contributed by atoms with Crippen LogP contribution in [0.4, 0.5) is 5.82 Å². The highest BCUT2D eigenvalue weighted by molar-refractivity contribution is 5.40. The maximum absolute atomic E-state index is 5.50. The fraction of sp³-hybridized carbons (Fsp3) is 0.474. The lowest BCUT2D eigenvalue weighted by Gasteiger charge is -2.14. The zero-order valence-corrected chi connectivity index (χ0v) is 14.6. The second kappa shape index (κ2) is 7.73. The minimum absolute atomic E-state index is 0.352. The molecule has 1 saturated heterocycles. The van der Waals surface area contributed by atoms with Gasteiger partial charge in [-0.2, -0.15) is 0 Å². The van der Waals surface area contributed by atoms with Gasteiger partial charge in [0, 0.05) is 32.2 Å². The number of hydrogen-bond donors (Lipinski definition) is 1. The van der Waals surface area contributed by atoms with Crippen LogP contribution in [-0.4, -0.2) is 30.3 Å². The van der Waals surface area contributed by atoms with E-state index >= 15 is 0 Å². The second-order valence-corrected chi connectivity index (χ2v) is 6.37. The van der Waals surface area contributed by atoms with Crippen LogP contribution >= 0.6 is 0 Å². The number of ether oxygens (including phenoxy) is 2. The van der Waals surface area contributed by atoms with Crippen molar-refractivity contribution in [3.05, 3.63) is 52.5 Å². The van der Waals surface area contributed by atoms with E-state index in [1.807, 2.05) is 6.07 Å². The molecule has 128 valence electrons. The van der Waals surface area contributed by atoms with Crippen molar-refractivity contribution in [2.45, 2.75) is 39.3 Å². The lowest BCUT2D eigenvalue weighted by molar-refractivity contribution is 0.177. The molecule has 3 rings (SSSR count). The Hall–Kier alpha value is -1.98. The Morgan fingerprint density at radius 1 is 1.25 bits per heavy atom. The van der Waals surface area contributed by atoms with Crippen molar-refractivity contribution in [1.29, 1.82) is 0 Å². The van der Waals surface area contributed by atoms with Crippen LogP contribution in [0.3, 0.4) is 0 Å². The number of aromatic nitrogens is 2. The number of methoxy groups -OCH3 is 1. The lowest BCUT2D eigenvalue weighted by Crippen LogP contribution is -2.10.